The first-order valence-corrected chi connectivity index (χ1v) is 11.0. The van der Waals surface area contributed by atoms with Crippen LogP contribution in [0.1, 0.15) is 23.7 Å². The molecule has 0 radical (unpaired) electrons. The number of methoxy groups -OCH3 is 1. The highest BCUT2D eigenvalue weighted by atomic mass is 32.2. The van der Waals surface area contributed by atoms with Crippen LogP contribution in [-0.4, -0.2) is 43.9 Å². The van der Waals surface area contributed by atoms with Crippen molar-refractivity contribution in [2.75, 3.05) is 18.2 Å². The predicted octanol–water partition coefficient (Wildman–Crippen LogP) is 2.97. The van der Waals surface area contributed by atoms with E-state index in [1.54, 1.807) is 34.9 Å². The minimum Gasteiger partial charge on any atom is -0.465 e. The number of benzene rings is 2. The van der Waals surface area contributed by atoms with Gasteiger partial charge in [0.05, 0.1) is 29.3 Å². The van der Waals surface area contributed by atoms with Gasteiger partial charge in [-0.3, -0.25) is 18.6 Å². The van der Waals surface area contributed by atoms with Crippen molar-refractivity contribution in [3.8, 4) is 0 Å². The van der Waals surface area contributed by atoms with Crippen LogP contribution in [0, 0.1) is 0 Å². The third-order valence-electron chi connectivity index (χ3n) is 4.85. The van der Waals surface area contributed by atoms with E-state index in [1.165, 1.54) is 18.9 Å². The summed E-state index contributed by atoms with van der Waals surface area (Å²) in [6, 6.07) is 13.7. The Morgan fingerprint density at radius 3 is 2.56 bits per heavy atom. The van der Waals surface area contributed by atoms with Crippen LogP contribution in [0.3, 0.4) is 0 Å². The van der Waals surface area contributed by atoms with E-state index in [0.29, 0.717) is 39.6 Å². The molecule has 0 spiro atoms. The van der Waals surface area contributed by atoms with Gasteiger partial charge in [-0.15, -0.1) is 10.2 Å². The van der Waals surface area contributed by atoms with E-state index < -0.39 is 5.97 Å². The van der Waals surface area contributed by atoms with Crippen molar-refractivity contribution in [3.63, 3.8) is 0 Å². The summed E-state index contributed by atoms with van der Waals surface area (Å²) in [5.74, 6) is -0.118. The third kappa shape index (κ3) is 4.09. The molecule has 4 aromatic rings. The molecule has 0 aliphatic carbocycles. The number of carbonyl (C=O) groups excluding carboxylic acids is 2. The van der Waals surface area contributed by atoms with Crippen LogP contribution in [0.2, 0.25) is 0 Å². The van der Waals surface area contributed by atoms with Crippen LogP contribution in [0.4, 0.5) is 5.69 Å². The molecule has 0 atom stereocenters. The van der Waals surface area contributed by atoms with E-state index in [9.17, 15) is 14.4 Å². The van der Waals surface area contributed by atoms with E-state index in [1.807, 2.05) is 29.5 Å². The van der Waals surface area contributed by atoms with Crippen molar-refractivity contribution in [2.45, 2.75) is 25.0 Å². The minimum absolute atomic E-state index is 0.0980. The Balaban J connectivity index is 1.56. The number of amides is 1. The van der Waals surface area contributed by atoms with Gasteiger partial charge in [0.2, 0.25) is 11.7 Å². The summed E-state index contributed by atoms with van der Waals surface area (Å²) in [7, 11) is 1.31. The first-order valence-electron chi connectivity index (χ1n) is 10.0. The van der Waals surface area contributed by atoms with Crippen molar-refractivity contribution in [2.24, 2.45) is 0 Å². The number of para-hydroxylation sites is 1. The normalized spacial score (nSPS) is 11.1. The quantitative estimate of drug-likeness (QED) is 0.340. The van der Waals surface area contributed by atoms with Gasteiger partial charge < -0.3 is 10.1 Å². The largest absolute Gasteiger partial charge is 0.465 e. The summed E-state index contributed by atoms with van der Waals surface area (Å²) in [4.78, 5) is 36.9. The highest BCUT2D eigenvalue weighted by molar-refractivity contribution is 7.99. The maximum Gasteiger partial charge on any atom is 0.337 e. The molecule has 0 fully saturated rings. The molecule has 2 heterocycles. The first kappa shape index (κ1) is 21.6. The van der Waals surface area contributed by atoms with E-state index in [2.05, 4.69) is 20.3 Å². The van der Waals surface area contributed by atoms with Crippen molar-refractivity contribution < 1.29 is 14.3 Å². The molecule has 4 rings (SSSR count). The molecular formula is C22H21N5O4S. The lowest BCUT2D eigenvalue weighted by molar-refractivity contribution is -0.113. The molecule has 32 heavy (non-hydrogen) atoms. The van der Waals surface area contributed by atoms with Gasteiger partial charge in [0.1, 0.15) is 0 Å². The lowest BCUT2D eigenvalue weighted by atomic mass is 10.2. The van der Waals surface area contributed by atoms with E-state index in [-0.39, 0.29) is 17.2 Å². The number of fused-ring (bicyclic) bond motifs is 3. The number of carbonyl (C=O) groups is 2. The number of rotatable bonds is 7. The van der Waals surface area contributed by atoms with Crippen LogP contribution in [-0.2, 0) is 16.1 Å². The van der Waals surface area contributed by atoms with E-state index >= 15 is 0 Å². The number of esters is 1. The summed E-state index contributed by atoms with van der Waals surface area (Å²) in [5, 5.41) is 12.3. The summed E-state index contributed by atoms with van der Waals surface area (Å²) < 4.78 is 8.10. The Hall–Kier alpha value is -3.66. The third-order valence-corrected chi connectivity index (χ3v) is 5.78. The Morgan fingerprint density at radius 2 is 1.84 bits per heavy atom. The van der Waals surface area contributed by atoms with Crippen LogP contribution in [0.15, 0.2) is 58.5 Å². The summed E-state index contributed by atoms with van der Waals surface area (Å²) in [5.41, 5.74) is 1.56. The monoisotopic (exact) mass is 451 g/mol. The van der Waals surface area contributed by atoms with Crippen LogP contribution >= 0.6 is 11.8 Å². The molecule has 9 nitrogen and oxygen atoms in total. The molecule has 10 heteroatoms. The van der Waals surface area contributed by atoms with Crippen LogP contribution in [0.25, 0.3) is 16.7 Å². The zero-order valence-electron chi connectivity index (χ0n) is 17.6. The molecule has 0 unspecified atom stereocenters. The maximum atomic E-state index is 12.9. The Morgan fingerprint density at radius 1 is 1.09 bits per heavy atom. The second-order valence-electron chi connectivity index (χ2n) is 7.00. The molecule has 164 valence electrons. The molecule has 2 aromatic carbocycles. The second-order valence-corrected chi connectivity index (χ2v) is 7.94. The van der Waals surface area contributed by atoms with Gasteiger partial charge in [-0.25, -0.2) is 4.79 Å². The van der Waals surface area contributed by atoms with Crippen molar-refractivity contribution in [1.29, 1.82) is 0 Å². The predicted molar refractivity (Wildman–Crippen MR) is 122 cm³/mol. The SMILES string of the molecule is CCCn1c(=O)c2ccccc2n2c(SCC(=O)Nc3ccc(C(=O)OC)cc3)nnc12. The summed E-state index contributed by atoms with van der Waals surface area (Å²) >= 11 is 1.23. The topological polar surface area (TPSA) is 108 Å². The molecule has 2 aromatic heterocycles. The number of aryl methyl sites for hydroxylation is 1. The minimum atomic E-state index is -0.439. The number of nitrogens with one attached hydrogen (secondary N) is 1. The number of hydrogen-bond donors (Lipinski definition) is 1. The average molecular weight is 452 g/mol. The fourth-order valence-corrected chi connectivity index (χ4v) is 4.13. The standard InChI is InChI=1S/C22H21N5O4S/c1-3-12-26-19(29)16-6-4-5-7-17(16)27-21(26)24-25-22(27)32-13-18(28)23-15-10-8-14(9-11-15)20(30)31-2/h4-11H,3,12-13H2,1-2H3,(H,23,28). The van der Waals surface area contributed by atoms with E-state index in [4.69, 9.17) is 0 Å². The van der Waals surface area contributed by atoms with Crippen molar-refractivity contribution in [3.05, 3.63) is 64.4 Å². The van der Waals surface area contributed by atoms with E-state index in [0.717, 1.165) is 6.42 Å². The van der Waals surface area contributed by atoms with Gasteiger partial charge in [0, 0.05) is 12.2 Å². The van der Waals surface area contributed by atoms with Gasteiger partial charge in [-0.2, -0.15) is 0 Å². The molecular weight excluding hydrogens is 430 g/mol. The number of thioether (sulfide) groups is 1. The Bertz CT molecular complexity index is 1360. The molecule has 1 amide bonds. The van der Waals surface area contributed by atoms with Crippen LogP contribution in [0.5, 0.6) is 0 Å². The van der Waals surface area contributed by atoms with Crippen LogP contribution < -0.4 is 10.9 Å². The van der Waals surface area contributed by atoms with Gasteiger partial charge >= 0.3 is 5.97 Å². The molecule has 0 aliphatic rings. The molecule has 0 bridgehead atoms. The highest BCUT2D eigenvalue weighted by Crippen LogP contribution is 2.22. The number of anilines is 1. The van der Waals surface area contributed by atoms with Gasteiger partial charge in [-0.05, 0) is 42.8 Å². The Kier molecular flexibility index (Phi) is 6.22. The summed E-state index contributed by atoms with van der Waals surface area (Å²) in [6.45, 7) is 2.52. The molecule has 0 aliphatic heterocycles. The number of aromatic nitrogens is 4. The first-order chi connectivity index (χ1) is 15.5. The zero-order chi connectivity index (χ0) is 22.7. The molecule has 1 N–H and O–H groups in total. The lowest BCUT2D eigenvalue weighted by Gasteiger charge is -2.10. The van der Waals surface area contributed by atoms with Gasteiger partial charge in [-0.1, -0.05) is 30.8 Å². The smallest absolute Gasteiger partial charge is 0.337 e. The number of ether oxygens (including phenoxy) is 1. The average Bonchev–Trinajstić information content (AvgIpc) is 3.24. The maximum absolute atomic E-state index is 12.9. The Labute approximate surface area is 187 Å². The fourth-order valence-electron chi connectivity index (χ4n) is 3.39. The summed E-state index contributed by atoms with van der Waals surface area (Å²) in [6.07, 6.45) is 0.778. The lowest BCUT2D eigenvalue weighted by Crippen LogP contribution is -2.23. The molecule has 0 saturated heterocycles. The fraction of sp³-hybridized carbons (Fsp3) is 0.227. The molecule has 0 saturated carbocycles. The van der Waals surface area contributed by atoms with Crippen molar-refractivity contribution >= 4 is 46.0 Å². The van der Waals surface area contributed by atoms with Crippen molar-refractivity contribution in [1.82, 2.24) is 19.2 Å². The zero-order valence-corrected chi connectivity index (χ0v) is 18.4. The van der Waals surface area contributed by atoms with Gasteiger partial charge in [0.15, 0.2) is 5.16 Å². The number of nitrogens with zero attached hydrogens (tertiary/aromatic N) is 4. The second kappa shape index (κ2) is 9.23. The van der Waals surface area contributed by atoms with Gasteiger partial charge in [0.25, 0.3) is 5.56 Å². The highest BCUT2D eigenvalue weighted by Gasteiger charge is 2.17. The number of hydrogen-bond acceptors (Lipinski definition) is 7.